The van der Waals surface area contributed by atoms with Gasteiger partial charge < -0.3 is 9.69 Å². The number of halogens is 2. The molecule has 216 valence electrons. The third-order valence-electron chi connectivity index (χ3n) is 8.76. The Hall–Kier alpha value is -4.53. The molecule has 0 saturated heterocycles. The lowest BCUT2D eigenvalue weighted by molar-refractivity contribution is -0.537. The highest BCUT2D eigenvalue weighted by atomic mass is 19.1. The number of nitro groups is 1. The van der Waals surface area contributed by atoms with Crippen LogP contribution in [0.25, 0.3) is 0 Å². The van der Waals surface area contributed by atoms with Gasteiger partial charge in [-0.3, -0.25) is 19.7 Å². The summed E-state index contributed by atoms with van der Waals surface area (Å²) in [4.78, 5) is 49.9. The van der Waals surface area contributed by atoms with Crippen molar-refractivity contribution in [3.8, 4) is 0 Å². The van der Waals surface area contributed by atoms with E-state index in [1.807, 2.05) is 24.3 Å². The molecule has 1 fully saturated rings. The van der Waals surface area contributed by atoms with Crippen LogP contribution in [0.15, 0.2) is 84.4 Å². The number of carbonyl (C=O) groups excluding carboxylic acids is 3. The van der Waals surface area contributed by atoms with E-state index >= 15 is 0 Å². The molecule has 0 unspecified atom stereocenters. The molecule has 6 rings (SSSR count). The van der Waals surface area contributed by atoms with E-state index in [0.717, 1.165) is 11.3 Å². The van der Waals surface area contributed by atoms with Gasteiger partial charge in [-0.1, -0.05) is 48.5 Å². The first kappa shape index (κ1) is 29.0. The molecule has 7 nitrogen and oxygen atoms in total. The minimum absolute atomic E-state index is 0.167. The predicted molar refractivity (Wildman–Crippen MR) is 153 cm³/mol. The van der Waals surface area contributed by atoms with Crippen molar-refractivity contribution in [3.05, 3.63) is 123 Å². The van der Waals surface area contributed by atoms with Crippen LogP contribution >= 0.6 is 0 Å². The maximum atomic E-state index is 14.1. The Morgan fingerprint density at radius 1 is 0.976 bits per heavy atom. The van der Waals surface area contributed by atoms with E-state index in [0.29, 0.717) is 17.4 Å². The number of aldehydes is 1. The van der Waals surface area contributed by atoms with E-state index in [-0.39, 0.29) is 28.6 Å². The van der Waals surface area contributed by atoms with Gasteiger partial charge in [0.1, 0.15) is 23.7 Å². The lowest BCUT2D eigenvalue weighted by Gasteiger charge is -2.36. The first-order chi connectivity index (χ1) is 20.0. The van der Waals surface area contributed by atoms with Crippen LogP contribution < -0.4 is 4.90 Å². The zero-order chi connectivity index (χ0) is 30.3. The van der Waals surface area contributed by atoms with E-state index in [2.05, 4.69) is 0 Å². The van der Waals surface area contributed by atoms with E-state index in [1.165, 1.54) is 50.2 Å². The molecule has 3 aliphatic rings. The topological polar surface area (TPSA) is 97.6 Å². The van der Waals surface area contributed by atoms with Crippen molar-refractivity contribution in [2.75, 3.05) is 11.9 Å². The second-order valence-electron chi connectivity index (χ2n) is 11.3. The standard InChI is InChI=1S/C30H24F2N2O4.C3H6O/c1-33-25-5-3-2-4-24(25)30(29(33)36)15-23-22(27(30)18-8-12-21(32)13-9-18)14-19(16-35)26(28(23)34(37)38)17-6-10-20(31)11-7-17;1-3(2)4/h2-14,16,22-23,26-28H,15H2,1H3;1-2H3/t22-,23+,26+,27+,28+,30+;/m0./s1. The maximum Gasteiger partial charge on any atom is 0.238 e. The molecule has 3 aromatic rings. The summed E-state index contributed by atoms with van der Waals surface area (Å²) in [6.45, 7) is 3.06. The van der Waals surface area contributed by atoms with Crippen molar-refractivity contribution >= 4 is 23.7 Å². The number of benzene rings is 3. The van der Waals surface area contributed by atoms with E-state index in [1.54, 1.807) is 30.2 Å². The number of nitrogens with zero attached hydrogens (tertiary/aromatic N) is 2. The lowest BCUT2D eigenvalue weighted by atomic mass is 9.66. The minimum Gasteiger partial charge on any atom is -0.314 e. The fourth-order valence-corrected chi connectivity index (χ4v) is 7.34. The van der Waals surface area contributed by atoms with Gasteiger partial charge in [0.15, 0.2) is 0 Å². The summed E-state index contributed by atoms with van der Waals surface area (Å²) in [5, 5.41) is 12.7. The average Bonchev–Trinajstić information content (AvgIpc) is 3.40. The number of fused-ring (bicyclic) bond motifs is 3. The molecule has 1 heterocycles. The van der Waals surface area contributed by atoms with Gasteiger partial charge in [-0.05, 0) is 73.2 Å². The van der Waals surface area contributed by atoms with Gasteiger partial charge in [0.2, 0.25) is 11.9 Å². The first-order valence-corrected chi connectivity index (χ1v) is 13.7. The molecular formula is C33H30F2N2O5. The molecule has 2 aliphatic carbocycles. The maximum absolute atomic E-state index is 14.1. The third-order valence-corrected chi connectivity index (χ3v) is 8.76. The number of para-hydroxylation sites is 1. The molecule has 0 aromatic heterocycles. The monoisotopic (exact) mass is 572 g/mol. The van der Waals surface area contributed by atoms with Crippen LogP contribution in [0.2, 0.25) is 0 Å². The molecule has 0 bridgehead atoms. The predicted octanol–water partition coefficient (Wildman–Crippen LogP) is 5.76. The van der Waals surface area contributed by atoms with Crippen molar-refractivity contribution in [1.82, 2.24) is 0 Å². The van der Waals surface area contributed by atoms with Gasteiger partial charge in [-0.15, -0.1) is 0 Å². The molecule has 42 heavy (non-hydrogen) atoms. The Bertz CT molecular complexity index is 1580. The lowest BCUT2D eigenvalue weighted by Crippen LogP contribution is -2.42. The second-order valence-corrected chi connectivity index (χ2v) is 11.3. The highest BCUT2D eigenvalue weighted by molar-refractivity contribution is 6.09. The Morgan fingerprint density at radius 3 is 2.07 bits per heavy atom. The van der Waals surface area contributed by atoms with Crippen LogP contribution in [-0.4, -0.2) is 36.0 Å². The zero-order valence-corrected chi connectivity index (χ0v) is 23.4. The smallest absolute Gasteiger partial charge is 0.238 e. The summed E-state index contributed by atoms with van der Waals surface area (Å²) in [6, 6.07) is 17.5. The van der Waals surface area contributed by atoms with Crippen molar-refractivity contribution in [3.63, 3.8) is 0 Å². The number of ketones is 1. The Balaban J connectivity index is 0.000000830. The normalized spacial score (nSPS) is 27.5. The van der Waals surface area contributed by atoms with Crippen LogP contribution in [0, 0.1) is 33.6 Å². The number of hydrogen-bond donors (Lipinski definition) is 0. The minimum atomic E-state index is -1.22. The van der Waals surface area contributed by atoms with Gasteiger partial charge >= 0.3 is 0 Å². The fraction of sp³-hybridized carbons (Fsp3) is 0.303. The number of rotatable bonds is 4. The zero-order valence-electron chi connectivity index (χ0n) is 23.4. The van der Waals surface area contributed by atoms with Crippen LogP contribution in [0.5, 0.6) is 0 Å². The van der Waals surface area contributed by atoms with Crippen LogP contribution in [0.1, 0.15) is 48.8 Å². The number of carbonyl (C=O) groups is 3. The van der Waals surface area contributed by atoms with Crippen molar-refractivity contribution < 1.29 is 28.1 Å². The highest BCUT2D eigenvalue weighted by Gasteiger charge is 2.67. The van der Waals surface area contributed by atoms with Crippen molar-refractivity contribution in [2.24, 2.45) is 11.8 Å². The summed E-state index contributed by atoms with van der Waals surface area (Å²) >= 11 is 0. The van der Waals surface area contributed by atoms with Gasteiger partial charge in [0, 0.05) is 35.1 Å². The average molecular weight is 573 g/mol. The quantitative estimate of drug-likeness (QED) is 0.225. The summed E-state index contributed by atoms with van der Waals surface area (Å²) in [5.74, 6) is -3.51. The molecule has 1 saturated carbocycles. The second kappa shape index (κ2) is 11.0. The Kier molecular flexibility index (Phi) is 7.62. The molecule has 3 aromatic carbocycles. The summed E-state index contributed by atoms with van der Waals surface area (Å²) in [6.07, 6.45) is 2.58. The third kappa shape index (κ3) is 4.62. The number of hydrogen-bond acceptors (Lipinski definition) is 5. The number of amides is 1. The fourth-order valence-electron chi connectivity index (χ4n) is 7.34. The SMILES string of the molecule is CC(C)=O.CN1C(=O)[C@]2(C[C@@H]3[C@H](C=C(C=O)[C@@H](c4ccc(F)cc4)[C@@H]3[N+](=O)[O-])[C@H]2c2ccc(F)cc2)c2ccccc21. The molecule has 1 spiro atoms. The van der Waals surface area contributed by atoms with Crippen molar-refractivity contribution in [2.45, 2.75) is 43.6 Å². The largest absolute Gasteiger partial charge is 0.314 e. The van der Waals surface area contributed by atoms with E-state index in [9.17, 15) is 33.3 Å². The molecular weight excluding hydrogens is 542 g/mol. The van der Waals surface area contributed by atoms with Crippen LogP contribution in [0.3, 0.4) is 0 Å². The molecule has 0 radical (unpaired) electrons. The number of Topliss-reactive ketones (excluding diaryl/α,β-unsaturated/α-hetero) is 1. The molecule has 0 N–H and O–H groups in total. The van der Waals surface area contributed by atoms with Gasteiger partial charge in [-0.25, -0.2) is 8.78 Å². The number of anilines is 1. The molecule has 1 amide bonds. The van der Waals surface area contributed by atoms with Gasteiger partial charge in [-0.2, -0.15) is 0 Å². The van der Waals surface area contributed by atoms with Crippen LogP contribution in [0.4, 0.5) is 14.5 Å². The van der Waals surface area contributed by atoms with Crippen molar-refractivity contribution in [1.29, 1.82) is 0 Å². The van der Waals surface area contributed by atoms with Gasteiger partial charge in [0.25, 0.3) is 0 Å². The Labute approximate surface area is 242 Å². The first-order valence-electron chi connectivity index (χ1n) is 13.7. The molecule has 6 atom stereocenters. The summed E-state index contributed by atoms with van der Waals surface area (Å²) < 4.78 is 27.7. The highest BCUT2D eigenvalue weighted by Crippen LogP contribution is 2.65. The number of allylic oxidation sites excluding steroid dienone is 1. The van der Waals surface area contributed by atoms with E-state index < -0.39 is 46.8 Å². The number of likely N-dealkylation sites (N-methyl/N-ethyl adjacent to an activating group) is 1. The van der Waals surface area contributed by atoms with Gasteiger partial charge in [0.05, 0.1) is 11.3 Å². The van der Waals surface area contributed by atoms with E-state index in [4.69, 9.17) is 0 Å². The van der Waals surface area contributed by atoms with Crippen LogP contribution in [-0.2, 0) is 19.8 Å². The molecule has 9 heteroatoms. The molecule has 1 aliphatic heterocycles. The summed E-state index contributed by atoms with van der Waals surface area (Å²) in [5.41, 5.74) is 1.76. The summed E-state index contributed by atoms with van der Waals surface area (Å²) in [7, 11) is 1.69. The Morgan fingerprint density at radius 2 is 1.52 bits per heavy atom.